The number of ether oxygens (including phenoxy) is 2. The predicted molar refractivity (Wildman–Crippen MR) is 147 cm³/mol. The number of aliphatic hydroxyl groups excluding tert-OH is 1. The van der Waals surface area contributed by atoms with E-state index < -0.39 is 24.0 Å². The van der Waals surface area contributed by atoms with Gasteiger partial charge in [0.2, 0.25) is 0 Å². The van der Waals surface area contributed by atoms with Crippen molar-refractivity contribution in [3.05, 3.63) is 76.8 Å². The minimum atomic E-state index is -0.922. The van der Waals surface area contributed by atoms with E-state index in [-0.39, 0.29) is 28.9 Å². The minimum absolute atomic E-state index is 0.0227. The maximum Gasteiger partial charge on any atom is 0.323 e. The molecule has 3 N–H and O–H groups in total. The molecular formula is C28H26F2N4O5S. The lowest BCUT2D eigenvalue weighted by atomic mass is 10.1. The number of benzene rings is 2. The Labute approximate surface area is 232 Å². The highest BCUT2D eigenvalue weighted by molar-refractivity contribution is 7.21. The van der Waals surface area contributed by atoms with Gasteiger partial charge in [0.05, 0.1) is 26.5 Å². The fraction of sp³-hybridized carbons (Fsp3) is 0.250. The molecular weight excluding hydrogens is 542 g/mol. The Morgan fingerprint density at radius 1 is 1.10 bits per heavy atom. The number of carbonyl (C=O) groups excluding carboxylic acids is 2. The number of aryl methyl sites for hydroxylation is 1. The third-order valence-corrected chi connectivity index (χ3v) is 7.66. The summed E-state index contributed by atoms with van der Waals surface area (Å²) >= 11 is 1.21. The molecule has 0 saturated carbocycles. The Morgan fingerprint density at radius 2 is 1.90 bits per heavy atom. The summed E-state index contributed by atoms with van der Waals surface area (Å²) < 4.78 is 40.3. The maximum absolute atomic E-state index is 14.8. The van der Waals surface area contributed by atoms with E-state index in [0.717, 1.165) is 11.6 Å². The van der Waals surface area contributed by atoms with Crippen molar-refractivity contribution in [2.45, 2.75) is 19.6 Å². The molecule has 4 aromatic rings. The van der Waals surface area contributed by atoms with Crippen LogP contribution in [0.25, 0.3) is 10.2 Å². The summed E-state index contributed by atoms with van der Waals surface area (Å²) in [6.07, 6.45) is 1.24. The number of urea groups is 1. The standard InChI is InChI=1S/C28H26F2N4O5S/c1-15-3-5-18(29)21(11-15)33-28(37)32-20-6-4-17(12-19(20)30)39-23-7-9-31-22-13-24(40-25(22)23)26(35)34-10-8-16(14-34)27(36)38-2/h3-7,9,11-13,16,27,36H,8,10,14H2,1-2H3,(H2,32,33,37). The number of methoxy groups -OCH3 is 1. The zero-order chi connectivity index (χ0) is 28.4. The quantitative estimate of drug-likeness (QED) is 0.245. The van der Waals surface area contributed by atoms with Crippen LogP contribution in [-0.4, -0.2) is 53.4 Å². The second-order valence-electron chi connectivity index (χ2n) is 9.37. The smallest absolute Gasteiger partial charge is 0.323 e. The van der Waals surface area contributed by atoms with Crippen molar-refractivity contribution in [3.8, 4) is 11.5 Å². The van der Waals surface area contributed by atoms with Gasteiger partial charge in [-0.25, -0.2) is 13.6 Å². The van der Waals surface area contributed by atoms with Gasteiger partial charge in [-0.3, -0.25) is 9.78 Å². The molecule has 2 atom stereocenters. The van der Waals surface area contributed by atoms with Crippen molar-refractivity contribution in [2.75, 3.05) is 30.8 Å². The summed E-state index contributed by atoms with van der Waals surface area (Å²) in [4.78, 5) is 31.9. The molecule has 1 saturated heterocycles. The van der Waals surface area contributed by atoms with Crippen LogP contribution in [0.15, 0.2) is 54.7 Å². The highest BCUT2D eigenvalue weighted by Crippen LogP contribution is 2.36. The predicted octanol–water partition coefficient (Wildman–Crippen LogP) is 5.75. The monoisotopic (exact) mass is 568 g/mol. The number of rotatable bonds is 7. The van der Waals surface area contributed by atoms with Crippen LogP contribution in [0.1, 0.15) is 21.7 Å². The van der Waals surface area contributed by atoms with Gasteiger partial charge >= 0.3 is 6.03 Å². The lowest BCUT2D eigenvalue weighted by molar-refractivity contribution is -0.108. The first-order valence-electron chi connectivity index (χ1n) is 12.4. The number of halogens is 2. The summed E-state index contributed by atoms with van der Waals surface area (Å²) in [7, 11) is 1.43. The largest absolute Gasteiger partial charge is 0.456 e. The molecule has 3 amide bonds. The summed E-state index contributed by atoms with van der Waals surface area (Å²) in [6.45, 7) is 2.65. The lowest BCUT2D eigenvalue weighted by Crippen LogP contribution is -2.31. The molecule has 2 unspecified atom stereocenters. The van der Waals surface area contributed by atoms with E-state index >= 15 is 0 Å². The first kappa shape index (κ1) is 27.4. The number of thiophene rings is 1. The molecule has 2 aromatic heterocycles. The normalized spacial score (nSPS) is 15.7. The third kappa shape index (κ3) is 5.88. The Balaban J connectivity index is 1.28. The molecule has 208 valence electrons. The second-order valence-corrected chi connectivity index (χ2v) is 10.4. The van der Waals surface area contributed by atoms with Crippen LogP contribution in [0.3, 0.4) is 0 Å². The number of nitrogens with one attached hydrogen (secondary N) is 2. The molecule has 1 aliphatic rings. The average molecular weight is 569 g/mol. The van der Waals surface area contributed by atoms with Gasteiger partial charge in [-0.15, -0.1) is 11.3 Å². The average Bonchev–Trinajstić information content (AvgIpc) is 3.60. The number of likely N-dealkylation sites (tertiary alicyclic amines) is 1. The molecule has 5 rings (SSSR count). The molecule has 1 aliphatic heterocycles. The van der Waals surface area contributed by atoms with Crippen molar-refractivity contribution in [1.82, 2.24) is 9.88 Å². The van der Waals surface area contributed by atoms with Crippen molar-refractivity contribution >= 4 is 44.9 Å². The molecule has 2 aromatic carbocycles. The number of aliphatic hydroxyl groups is 1. The zero-order valence-electron chi connectivity index (χ0n) is 21.6. The van der Waals surface area contributed by atoms with Gasteiger partial charge in [0.25, 0.3) is 5.91 Å². The molecule has 40 heavy (non-hydrogen) atoms. The van der Waals surface area contributed by atoms with Crippen molar-refractivity contribution in [1.29, 1.82) is 0 Å². The van der Waals surface area contributed by atoms with Crippen LogP contribution < -0.4 is 15.4 Å². The molecule has 9 nitrogen and oxygen atoms in total. The zero-order valence-corrected chi connectivity index (χ0v) is 22.4. The summed E-state index contributed by atoms with van der Waals surface area (Å²) in [5.74, 6) is -1.14. The third-order valence-electron chi connectivity index (χ3n) is 6.53. The Morgan fingerprint density at radius 3 is 2.67 bits per heavy atom. The second kappa shape index (κ2) is 11.5. The van der Waals surface area contributed by atoms with Crippen molar-refractivity contribution < 1.29 is 33.0 Å². The van der Waals surface area contributed by atoms with Crippen molar-refractivity contribution in [3.63, 3.8) is 0 Å². The van der Waals surface area contributed by atoms with E-state index in [0.29, 0.717) is 40.4 Å². The van der Waals surface area contributed by atoms with Crippen LogP contribution in [0.5, 0.6) is 11.5 Å². The lowest BCUT2D eigenvalue weighted by Gasteiger charge is -2.18. The van der Waals surface area contributed by atoms with Crippen LogP contribution in [-0.2, 0) is 4.74 Å². The van der Waals surface area contributed by atoms with E-state index in [1.54, 1.807) is 30.0 Å². The summed E-state index contributed by atoms with van der Waals surface area (Å²) in [5, 5.41) is 14.7. The van der Waals surface area contributed by atoms with E-state index in [9.17, 15) is 23.5 Å². The Hall–Kier alpha value is -4.13. The number of fused-ring (bicyclic) bond motifs is 1. The van der Waals surface area contributed by atoms with Gasteiger partial charge < -0.3 is 30.1 Å². The Bertz CT molecular complexity index is 1580. The Kier molecular flexibility index (Phi) is 7.92. The SMILES string of the molecule is COC(O)C1CCN(C(=O)c2cc3nccc(Oc4ccc(NC(=O)Nc5cc(C)ccc5F)c(F)c4)c3s2)C1. The number of pyridine rings is 1. The fourth-order valence-electron chi connectivity index (χ4n) is 4.45. The molecule has 0 bridgehead atoms. The van der Waals surface area contributed by atoms with Crippen LogP contribution >= 0.6 is 11.3 Å². The number of hydrogen-bond donors (Lipinski definition) is 3. The number of nitrogens with zero attached hydrogens (tertiary/aromatic N) is 2. The van der Waals surface area contributed by atoms with Crippen LogP contribution in [0.4, 0.5) is 25.0 Å². The summed E-state index contributed by atoms with van der Waals surface area (Å²) in [6, 6.07) is 10.7. The highest BCUT2D eigenvalue weighted by Gasteiger charge is 2.32. The van der Waals surface area contributed by atoms with E-state index in [1.165, 1.54) is 48.9 Å². The number of aromatic nitrogens is 1. The molecule has 0 radical (unpaired) electrons. The van der Waals surface area contributed by atoms with Crippen LogP contribution in [0, 0.1) is 24.5 Å². The molecule has 1 fully saturated rings. The topological polar surface area (TPSA) is 113 Å². The van der Waals surface area contributed by atoms with E-state index in [1.807, 2.05) is 0 Å². The molecule has 3 heterocycles. The first-order valence-corrected chi connectivity index (χ1v) is 13.2. The van der Waals surface area contributed by atoms with Gasteiger partial charge in [-0.2, -0.15) is 0 Å². The van der Waals surface area contributed by atoms with Gasteiger partial charge in [0.15, 0.2) is 6.29 Å². The van der Waals surface area contributed by atoms with E-state index in [4.69, 9.17) is 9.47 Å². The van der Waals surface area contributed by atoms with Crippen LogP contribution in [0.2, 0.25) is 0 Å². The van der Waals surface area contributed by atoms with Gasteiger partial charge in [0.1, 0.15) is 23.1 Å². The summed E-state index contributed by atoms with van der Waals surface area (Å²) in [5.41, 5.74) is 1.16. The van der Waals surface area contributed by atoms with Gasteiger partial charge in [-0.05, 0) is 49.2 Å². The van der Waals surface area contributed by atoms with Gasteiger partial charge in [-0.1, -0.05) is 6.07 Å². The minimum Gasteiger partial charge on any atom is -0.456 e. The molecule has 0 aliphatic carbocycles. The molecule has 0 spiro atoms. The fourth-order valence-corrected chi connectivity index (χ4v) is 5.49. The highest BCUT2D eigenvalue weighted by atomic mass is 32.1. The number of amides is 3. The first-order chi connectivity index (χ1) is 19.2. The molecule has 12 heteroatoms. The maximum atomic E-state index is 14.8. The number of anilines is 2. The number of hydrogen-bond acceptors (Lipinski definition) is 7. The number of carbonyl (C=O) groups is 2. The van der Waals surface area contributed by atoms with E-state index in [2.05, 4.69) is 15.6 Å². The van der Waals surface area contributed by atoms with Crippen molar-refractivity contribution in [2.24, 2.45) is 5.92 Å². The van der Waals surface area contributed by atoms with Gasteiger partial charge in [0, 0.05) is 44.4 Å².